The molecule has 1 N–H and O–H groups in total. The SMILES string of the molecule is CC(C)(C)OC(=O)N1CCC(N2Cc3ccccc3OCC2Cc2ccc(Cl)cc2)CC1.Clc1ccc(CC2COc3ccccc3CN2)cc1.O=C1CCCCC1. The van der Waals surface area contributed by atoms with Crippen molar-refractivity contribution in [2.45, 2.75) is 115 Å². The van der Waals surface area contributed by atoms with E-state index in [4.69, 9.17) is 37.4 Å². The van der Waals surface area contributed by atoms with Crippen molar-refractivity contribution in [3.63, 3.8) is 0 Å². The number of carbonyl (C=O) groups is 2. The van der Waals surface area contributed by atoms with Crippen LogP contribution in [0.2, 0.25) is 10.0 Å². The monoisotopic (exact) mass is 827 g/mol. The van der Waals surface area contributed by atoms with Gasteiger partial charge in [0.05, 0.1) is 0 Å². The predicted molar refractivity (Wildman–Crippen MR) is 233 cm³/mol. The van der Waals surface area contributed by atoms with Crippen LogP contribution in [-0.2, 0) is 35.5 Å². The first-order valence-corrected chi connectivity index (χ1v) is 21.6. The fourth-order valence-corrected chi connectivity index (χ4v) is 8.11. The van der Waals surface area contributed by atoms with Gasteiger partial charge in [0, 0.05) is 78.3 Å². The zero-order chi connectivity index (χ0) is 40.9. The Bertz CT molecular complexity index is 1870. The second-order valence-corrected chi connectivity index (χ2v) is 17.6. The van der Waals surface area contributed by atoms with Crippen LogP contribution in [0.3, 0.4) is 0 Å². The number of amides is 1. The summed E-state index contributed by atoms with van der Waals surface area (Å²) in [5.41, 5.74) is 4.51. The second kappa shape index (κ2) is 21.3. The Hall–Kier alpha value is -4.08. The van der Waals surface area contributed by atoms with Crippen molar-refractivity contribution in [3.05, 3.63) is 129 Å². The average molecular weight is 829 g/mol. The number of nitrogens with one attached hydrogen (secondary N) is 1. The van der Waals surface area contributed by atoms with E-state index < -0.39 is 5.60 Å². The van der Waals surface area contributed by atoms with Gasteiger partial charge in [0.2, 0.25) is 0 Å². The highest BCUT2D eigenvalue weighted by atomic mass is 35.5. The number of Topliss-reactive ketones (excluding diaryl/α,β-unsaturated/α-hetero) is 1. The first-order chi connectivity index (χ1) is 28.0. The highest BCUT2D eigenvalue weighted by Crippen LogP contribution is 2.31. The van der Waals surface area contributed by atoms with Gasteiger partial charge in [-0.05, 0) is 107 Å². The Balaban J connectivity index is 0.000000182. The van der Waals surface area contributed by atoms with Gasteiger partial charge in [-0.15, -0.1) is 0 Å². The Morgan fingerprint density at radius 1 is 0.741 bits per heavy atom. The molecule has 3 heterocycles. The summed E-state index contributed by atoms with van der Waals surface area (Å²) in [5.74, 6) is 2.43. The maximum Gasteiger partial charge on any atom is 0.410 e. The lowest BCUT2D eigenvalue weighted by Gasteiger charge is -2.41. The van der Waals surface area contributed by atoms with Gasteiger partial charge in [-0.1, -0.05) is 90.3 Å². The number of benzene rings is 4. The normalized spacial score (nSPS) is 19.9. The molecule has 10 heteroatoms. The average Bonchev–Trinajstić information content (AvgIpc) is 3.54. The highest BCUT2D eigenvalue weighted by molar-refractivity contribution is 6.30. The van der Waals surface area contributed by atoms with E-state index in [-0.39, 0.29) is 12.1 Å². The summed E-state index contributed by atoms with van der Waals surface area (Å²) in [6.45, 7) is 10.2. The molecule has 4 aromatic rings. The molecule has 3 aliphatic heterocycles. The Kier molecular flexibility index (Phi) is 15.9. The number of fused-ring (bicyclic) bond motifs is 2. The third-order valence-electron chi connectivity index (χ3n) is 11.0. The molecule has 2 unspecified atom stereocenters. The number of rotatable bonds is 5. The first-order valence-electron chi connectivity index (χ1n) is 20.9. The quantitative estimate of drug-likeness (QED) is 0.215. The minimum atomic E-state index is -0.469. The topological polar surface area (TPSA) is 80.3 Å². The molecule has 4 aliphatic rings. The van der Waals surface area contributed by atoms with Gasteiger partial charge >= 0.3 is 6.09 Å². The largest absolute Gasteiger partial charge is 0.492 e. The number of para-hydroxylation sites is 2. The summed E-state index contributed by atoms with van der Waals surface area (Å²) >= 11 is 12.0. The maximum absolute atomic E-state index is 12.5. The molecule has 1 saturated carbocycles. The van der Waals surface area contributed by atoms with Crippen LogP contribution in [0.5, 0.6) is 11.5 Å². The Morgan fingerprint density at radius 3 is 1.88 bits per heavy atom. The summed E-state index contributed by atoms with van der Waals surface area (Å²) in [4.78, 5) is 27.4. The van der Waals surface area contributed by atoms with E-state index in [2.05, 4.69) is 58.7 Å². The van der Waals surface area contributed by atoms with E-state index in [9.17, 15) is 9.59 Å². The van der Waals surface area contributed by atoms with Crippen molar-refractivity contribution in [2.75, 3.05) is 26.3 Å². The molecule has 0 radical (unpaired) electrons. The number of hydrogen-bond donors (Lipinski definition) is 1. The highest BCUT2D eigenvalue weighted by Gasteiger charge is 2.35. The fourth-order valence-electron chi connectivity index (χ4n) is 7.86. The molecular formula is C48H59Cl2N3O5. The molecule has 4 aromatic carbocycles. The lowest BCUT2D eigenvalue weighted by atomic mass is 9.97. The van der Waals surface area contributed by atoms with Crippen molar-refractivity contribution in [1.29, 1.82) is 0 Å². The molecule has 8 nitrogen and oxygen atoms in total. The third kappa shape index (κ3) is 13.5. The van der Waals surface area contributed by atoms with E-state index in [1.165, 1.54) is 28.7 Å². The summed E-state index contributed by atoms with van der Waals surface area (Å²) in [6.07, 6.45) is 8.74. The van der Waals surface area contributed by atoms with E-state index >= 15 is 0 Å². The smallest absolute Gasteiger partial charge is 0.410 e. The first kappa shape index (κ1) is 43.5. The van der Waals surface area contributed by atoms with E-state index in [0.717, 1.165) is 86.0 Å². The second-order valence-electron chi connectivity index (χ2n) is 16.7. The zero-order valence-corrected chi connectivity index (χ0v) is 35.8. The molecule has 1 amide bonds. The molecule has 58 heavy (non-hydrogen) atoms. The molecule has 8 rings (SSSR count). The molecule has 310 valence electrons. The molecule has 0 aromatic heterocycles. The van der Waals surface area contributed by atoms with Crippen molar-refractivity contribution >= 4 is 35.1 Å². The molecule has 0 bridgehead atoms. The van der Waals surface area contributed by atoms with Crippen molar-refractivity contribution in [3.8, 4) is 11.5 Å². The fraction of sp³-hybridized carbons (Fsp3) is 0.458. The minimum Gasteiger partial charge on any atom is -0.492 e. The predicted octanol–water partition coefficient (Wildman–Crippen LogP) is 10.5. The van der Waals surface area contributed by atoms with Gasteiger partial charge in [0.1, 0.15) is 36.1 Å². The number of piperidine rings is 1. The van der Waals surface area contributed by atoms with Crippen LogP contribution in [0, 0.1) is 0 Å². The van der Waals surface area contributed by atoms with Crippen LogP contribution < -0.4 is 14.8 Å². The third-order valence-corrected chi connectivity index (χ3v) is 11.5. The number of ketones is 1. The summed E-state index contributed by atoms with van der Waals surface area (Å²) in [5, 5.41) is 5.08. The molecule has 1 saturated heterocycles. The summed E-state index contributed by atoms with van der Waals surface area (Å²) in [6, 6.07) is 33.6. The maximum atomic E-state index is 12.5. The molecule has 1 aliphatic carbocycles. The van der Waals surface area contributed by atoms with Crippen LogP contribution in [-0.4, -0.2) is 71.7 Å². The van der Waals surface area contributed by atoms with Crippen LogP contribution in [0.1, 0.15) is 88.0 Å². The Morgan fingerprint density at radius 2 is 1.29 bits per heavy atom. The van der Waals surface area contributed by atoms with Gasteiger partial charge in [0.25, 0.3) is 0 Å². The van der Waals surface area contributed by atoms with E-state index in [1.54, 1.807) is 0 Å². The summed E-state index contributed by atoms with van der Waals surface area (Å²) < 4.78 is 17.7. The number of hydrogen-bond acceptors (Lipinski definition) is 7. The number of ether oxygens (including phenoxy) is 3. The van der Waals surface area contributed by atoms with Gasteiger partial charge < -0.3 is 24.4 Å². The number of likely N-dealkylation sites (tertiary alicyclic amines) is 1. The lowest BCUT2D eigenvalue weighted by Crippen LogP contribution is -2.51. The van der Waals surface area contributed by atoms with Gasteiger partial charge in [-0.2, -0.15) is 0 Å². The number of halogens is 2. The van der Waals surface area contributed by atoms with Crippen LogP contribution in [0.15, 0.2) is 97.1 Å². The van der Waals surface area contributed by atoms with E-state index in [0.29, 0.717) is 44.2 Å². The lowest BCUT2D eigenvalue weighted by molar-refractivity contribution is -0.120. The standard InChI is InChI=1S/C26H33ClN2O3.C16H16ClNO.C6H10O/c1-26(2,3)32-25(30)28-14-12-22(13-15-28)29-17-20-6-4-5-7-24(20)31-18-23(29)16-19-8-10-21(27)11-9-19;17-14-7-5-12(6-8-14)9-15-11-19-16-4-2-1-3-13(16)10-18-15;7-6-4-2-1-3-5-6/h4-11,22-23H,12-18H2,1-3H3;1-8,15,18H,9-11H2;1-5H2. The van der Waals surface area contributed by atoms with Gasteiger partial charge in [-0.25, -0.2) is 4.79 Å². The van der Waals surface area contributed by atoms with E-state index in [1.807, 2.05) is 74.2 Å². The molecule has 2 fully saturated rings. The Labute approximate surface area is 355 Å². The molecule has 2 atom stereocenters. The van der Waals surface area contributed by atoms with Crippen molar-refractivity contribution in [1.82, 2.24) is 15.1 Å². The summed E-state index contributed by atoms with van der Waals surface area (Å²) in [7, 11) is 0. The van der Waals surface area contributed by atoms with Gasteiger partial charge in [-0.3, -0.25) is 9.69 Å². The van der Waals surface area contributed by atoms with Crippen LogP contribution >= 0.6 is 23.2 Å². The van der Waals surface area contributed by atoms with Crippen LogP contribution in [0.25, 0.3) is 0 Å². The molecular weight excluding hydrogens is 769 g/mol. The van der Waals surface area contributed by atoms with Crippen molar-refractivity contribution in [2.24, 2.45) is 0 Å². The number of carbonyl (C=O) groups excluding carboxylic acids is 2. The zero-order valence-electron chi connectivity index (χ0n) is 34.3. The van der Waals surface area contributed by atoms with Crippen LogP contribution in [0.4, 0.5) is 4.79 Å². The number of nitrogens with zero attached hydrogens (tertiary/aromatic N) is 2. The van der Waals surface area contributed by atoms with Gasteiger partial charge in [0.15, 0.2) is 0 Å². The van der Waals surface area contributed by atoms with Crippen molar-refractivity contribution < 1.29 is 23.8 Å². The minimum absolute atomic E-state index is 0.210. The molecule has 0 spiro atoms.